The third-order valence-corrected chi connectivity index (χ3v) is 1.72. The van der Waals surface area contributed by atoms with Gasteiger partial charge in [0.15, 0.2) is 0 Å². The highest BCUT2D eigenvalue weighted by Gasteiger charge is 1.97. The number of allylic oxidation sites excluding steroid dienone is 1. The van der Waals surface area contributed by atoms with Crippen molar-refractivity contribution in [3.63, 3.8) is 0 Å². The molecule has 1 aromatic rings. The molecule has 1 N–H and O–H groups in total. The van der Waals surface area contributed by atoms with Crippen LogP contribution < -0.4 is 5.32 Å². The Labute approximate surface area is 87.6 Å². The zero-order valence-corrected chi connectivity index (χ0v) is 8.58. The predicted octanol–water partition coefficient (Wildman–Crippen LogP) is 2.31. The van der Waals surface area contributed by atoms with E-state index in [4.69, 9.17) is 0 Å². The molecule has 3 nitrogen and oxygen atoms in total. The lowest BCUT2D eigenvalue weighted by atomic mass is 10.3. The summed E-state index contributed by atoms with van der Waals surface area (Å²) in [6.45, 7) is 1.72. The van der Waals surface area contributed by atoms with Gasteiger partial charge in [0.2, 0.25) is 0 Å². The number of esters is 1. The number of methoxy groups -OCH3 is 1. The third-order valence-electron chi connectivity index (χ3n) is 1.72. The Morgan fingerprint density at radius 1 is 1.40 bits per heavy atom. The first kappa shape index (κ1) is 11.2. The summed E-state index contributed by atoms with van der Waals surface area (Å²) in [5.41, 5.74) is 1.35. The van der Waals surface area contributed by atoms with E-state index in [1.54, 1.807) is 19.1 Å². The van der Waals surface area contributed by atoms with Gasteiger partial charge in [0, 0.05) is 17.5 Å². The number of nitrogens with one attached hydrogen (secondary N) is 1. The number of halogens is 1. The Morgan fingerprint density at radius 2 is 2.00 bits per heavy atom. The summed E-state index contributed by atoms with van der Waals surface area (Å²) in [6.07, 6.45) is 1.32. The Morgan fingerprint density at radius 3 is 2.53 bits per heavy atom. The maximum atomic E-state index is 12.6. The number of hydrogen-bond donors (Lipinski definition) is 1. The van der Waals surface area contributed by atoms with Gasteiger partial charge >= 0.3 is 5.97 Å². The van der Waals surface area contributed by atoms with E-state index in [0.29, 0.717) is 11.4 Å². The van der Waals surface area contributed by atoms with Crippen LogP contribution in [0.25, 0.3) is 0 Å². The smallest absolute Gasteiger partial charge is 0.332 e. The zero-order chi connectivity index (χ0) is 11.3. The van der Waals surface area contributed by atoms with E-state index in [-0.39, 0.29) is 5.82 Å². The van der Waals surface area contributed by atoms with E-state index in [1.807, 2.05) is 0 Å². The first-order chi connectivity index (χ1) is 7.11. The largest absolute Gasteiger partial charge is 0.466 e. The van der Waals surface area contributed by atoms with Gasteiger partial charge in [-0.05, 0) is 31.2 Å². The third kappa shape index (κ3) is 3.81. The van der Waals surface area contributed by atoms with Gasteiger partial charge < -0.3 is 10.1 Å². The van der Waals surface area contributed by atoms with Crippen LogP contribution in [-0.2, 0) is 9.53 Å². The van der Waals surface area contributed by atoms with E-state index < -0.39 is 5.97 Å². The van der Waals surface area contributed by atoms with Crippen molar-refractivity contribution in [1.29, 1.82) is 0 Å². The van der Waals surface area contributed by atoms with Crippen molar-refractivity contribution in [2.24, 2.45) is 0 Å². The number of hydrogen-bond acceptors (Lipinski definition) is 3. The molecule has 0 fully saturated rings. The molecule has 0 aromatic heterocycles. The van der Waals surface area contributed by atoms with E-state index in [0.717, 1.165) is 0 Å². The molecule has 1 aromatic carbocycles. The molecule has 0 aliphatic carbocycles. The molecule has 0 radical (unpaired) electrons. The van der Waals surface area contributed by atoms with Crippen LogP contribution in [0.3, 0.4) is 0 Å². The fourth-order valence-electron chi connectivity index (χ4n) is 1.03. The maximum Gasteiger partial charge on any atom is 0.332 e. The molecule has 0 heterocycles. The van der Waals surface area contributed by atoms with Crippen molar-refractivity contribution >= 4 is 11.7 Å². The van der Waals surface area contributed by atoms with Crippen LogP contribution in [-0.4, -0.2) is 13.1 Å². The molecule has 0 saturated heterocycles. The minimum absolute atomic E-state index is 0.296. The number of carbonyl (C=O) groups excluding carboxylic acids is 1. The van der Waals surface area contributed by atoms with Crippen LogP contribution in [0.15, 0.2) is 36.0 Å². The van der Waals surface area contributed by atoms with Crippen LogP contribution in [0.1, 0.15) is 6.92 Å². The molecule has 1 rings (SSSR count). The van der Waals surface area contributed by atoms with Crippen LogP contribution in [0.5, 0.6) is 0 Å². The van der Waals surface area contributed by atoms with Crippen molar-refractivity contribution in [2.75, 3.05) is 12.4 Å². The summed E-state index contributed by atoms with van der Waals surface area (Å²) >= 11 is 0. The fourth-order valence-corrected chi connectivity index (χ4v) is 1.03. The number of rotatable bonds is 3. The Kier molecular flexibility index (Phi) is 3.85. The molecule has 0 aliphatic heterocycles. The van der Waals surface area contributed by atoms with E-state index in [1.165, 1.54) is 25.3 Å². The second-order valence-corrected chi connectivity index (χ2v) is 2.98. The second-order valence-electron chi connectivity index (χ2n) is 2.98. The average Bonchev–Trinajstić information content (AvgIpc) is 2.21. The topological polar surface area (TPSA) is 38.3 Å². The fraction of sp³-hybridized carbons (Fsp3) is 0.182. The van der Waals surface area contributed by atoms with Crippen molar-refractivity contribution in [1.82, 2.24) is 0 Å². The molecule has 0 aliphatic rings. The van der Waals surface area contributed by atoms with Gasteiger partial charge in [-0.15, -0.1) is 0 Å². The van der Waals surface area contributed by atoms with Gasteiger partial charge in [-0.25, -0.2) is 9.18 Å². The van der Waals surface area contributed by atoms with E-state index in [9.17, 15) is 9.18 Å². The van der Waals surface area contributed by atoms with Crippen molar-refractivity contribution in [3.8, 4) is 0 Å². The Balaban J connectivity index is 2.66. The molecule has 0 bridgehead atoms. The molecular formula is C11H12FNO2. The highest BCUT2D eigenvalue weighted by molar-refractivity contribution is 5.83. The van der Waals surface area contributed by atoms with Gasteiger partial charge in [-0.3, -0.25) is 0 Å². The normalized spacial score (nSPS) is 11.0. The van der Waals surface area contributed by atoms with Gasteiger partial charge in [0.1, 0.15) is 5.82 Å². The number of anilines is 1. The summed E-state index contributed by atoms with van der Waals surface area (Å²) < 4.78 is 17.0. The number of benzene rings is 1. The second kappa shape index (κ2) is 5.14. The Bertz CT molecular complexity index is 371. The van der Waals surface area contributed by atoms with Crippen LogP contribution in [0.2, 0.25) is 0 Å². The monoisotopic (exact) mass is 209 g/mol. The Hall–Kier alpha value is -1.84. The first-order valence-electron chi connectivity index (χ1n) is 4.40. The summed E-state index contributed by atoms with van der Waals surface area (Å²) in [5, 5.41) is 2.93. The lowest BCUT2D eigenvalue weighted by Gasteiger charge is -2.05. The molecule has 4 heteroatoms. The number of ether oxygens (including phenoxy) is 1. The maximum absolute atomic E-state index is 12.6. The van der Waals surface area contributed by atoms with E-state index >= 15 is 0 Å². The predicted molar refractivity (Wildman–Crippen MR) is 55.8 cm³/mol. The summed E-state index contributed by atoms with van der Waals surface area (Å²) in [7, 11) is 1.31. The lowest BCUT2D eigenvalue weighted by molar-refractivity contribution is -0.134. The van der Waals surface area contributed by atoms with Crippen molar-refractivity contribution in [2.45, 2.75) is 6.92 Å². The quantitative estimate of drug-likeness (QED) is 0.613. The van der Waals surface area contributed by atoms with Crippen LogP contribution in [0.4, 0.5) is 10.1 Å². The van der Waals surface area contributed by atoms with Gasteiger partial charge in [0.05, 0.1) is 7.11 Å². The summed E-state index contributed by atoms with van der Waals surface area (Å²) in [5.74, 6) is -0.725. The molecule has 0 saturated carbocycles. The lowest BCUT2D eigenvalue weighted by Crippen LogP contribution is -2.01. The van der Waals surface area contributed by atoms with Gasteiger partial charge in [0.25, 0.3) is 0 Å². The molecule has 80 valence electrons. The highest BCUT2D eigenvalue weighted by atomic mass is 19.1. The summed E-state index contributed by atoms with van der Waals surface area (Å²) in [4.78, 5) is 10.9. The molecule has 15 heavy (non-hydrogen) atoms. The highest BCUT2D eigenvalue weighted by Crippen LogP contribution is 2.10. The molecule has 0 amide bonds. The number of carbonyl (C=O) groups is 1. The SMILES string of the molecule is COC(=O)C=C(C)Nc1ccc(F)cc1. The van der Waals surface area contributed by atoms with Gasteiger partial charge in [-0.1, -0.05) is 0 Å². The van der Waals surface area contributed by atoms with Crippen LogP contribution >= 0.6 is 0 Å². The van der Waals surface area contributed by atoms with E-state index in [2.05, 4.69) is 10.1 Å². The van der Waals surface area contributed by atoms with Crippen molar-refractivity contribution < 1.29 is 13.9 Å². The molecule has 0 atom stereocenters. The zero-order valence-electron chi connectivity index (χ0n) is 8.58. The standard InChI is InChI=1S/C11H12FNO2/c1-8(7-11(14)15-2)13-10-5-3-9(12)4-6-10/h3-7,13H,1-2H3. The molecule has 0 unspecified atom stereocenters. The van der Waals surface area contributed by atoms with Gasteiger partial charge in [-0.2, -0.15) is 0 Å². The van der Waals surface area contributed by atoms with Crippen LogP contribution in [0, 0.1) is 5.82 Å². The average molecular weight is 209 g/mol. The minimum atomic E-state index is -0.429. The molecular weight excluding hydrogens is 197 g/mol. The molecule has 0 spiro atoms. The van der Waals surface area contributed by atoms with Crippen molar-refractivity contribution in [3.05, 3.63) is 41.9 Å². The first-order valence-corrected chi connectivity index (χ1v) is 4.40. The minimum Gasteiger partial charge on any atom is -0.466 e. The summed E-state index contributed by atoms with van der Waals surface area (Å²) in [6, 6.07) is 5.86.